The largest absolute Gasteiger partial charge is 0.488 e. The Bertz CT molecular complexity index is 1320. The molecule has 0 bridgehead atoms. The number of benzene rings is 3. The van der Waals surface area contributed by atoms with Gasteiger partial charge in [0.15, 0.2) is 0 Å². The zero-order valence-electron chi connectivity index (χ0n) is 18.9. The normalized spacial score (nSPS) is 20.3. The third-order valence-corrected chi connectivity index (χ3v) is 7.50. The van der Waals surface area contributed by atoms with E-state index in [1.54, 1.807) is 43.4 Å². The number of rotatable bonds is 6. The fourth-order valence-electron chi connectivity index (χ4n) is 4.87. The van der Waals surface area contributed by atoms with Gasteiger partial charge in [-0.1, -0.05) is 35.3 Å². The van der Waals surface area contributed by atoms with Crippen LogP contribution in [-0.2, 0) is 0 Å². The average Bonchev–Trinajstić information content (AvgIpc) is 3.44. The topological polar surface area (TPSA) is 72.6 Å². The first-order valence-corrected chi connectivity index (χ1v) is 12.1. The summed E-state index contributed by atoms with van der Waals surface area (Å²) in [5, 5.41) is 0.477. The molecule has 0 heterocycles. The highest BCUT2D eigenvalue weighted by molar-refractivity contribution is 6.34. The molecule has 2 amide bonds. The first-order chi connectivity index (χ1) is 16.7. The highest BCUT2D eigenvalue weighted by Gasteiger charge is 2.47. The van der Waals surface area contributed by atoms with Crippen LogP contribution in [0.25, 0.3) is 11.1 Å². The van der Waals surface area contributed by atoms with Gasteiger partial charge in [0, 0.05) is 23.2 Å². The summed E-state index contributed by atoms with van der Waals surface area (Å²) in [7, 11) is 1.56. The highest BCUT2D eigenvalue weighted by Crippen LogP contribution is 2.53. The summed E-state index contributed by atoms with van der Waals surface area (Å²) in [5.41, 5.74) is 7.36. The monoisotopic (exact) mass is 512 g/mol. The van der Waals surface area contributed by atoms with E-state index in [1.807, 2.05) is 0 Å². The predicted molar refractivity (Wildman–Crippen MR) is 135 cm³/mol. The lowest BCUT2D eigenvalue weighted by Gasteiger charge is -2.25. The number of hydrogen-bond donors (Lipinski definition) is 1. The number of hydrogen-bond acceptors (Lipinski definition) is 3. The quantitative estimate of drug-likeness (QED) is 0.418. The lowest BCUT2D eigenvalue weighted by atomic mass is 10.0. The van der Waals surface area contributed by atoms with Gasteiger partial charge in [0.25, 0.3) is 5.91 Å². The van der Waals surface area contributed by atoms with Crippen molar-refractivity contribution < 1.29 is 18.7 Å². The Morgan fingerprint density at radius 2 is 1.74 bits per heavy atom. The molecule has 5 rings (SSSR count). The minimum Gasteiger partial charge on any atom is -0.488 e. The molecule has 0 aromatic heterocycles. The first-order valence-electron chi connectivity index (χ1n) is 11.4. The molecule has 0 radical (unpaired) electrons. The molecule has 2 saturated carbocycles. The summed E-state index contributed by atoms with van der Waals surface area (Å²) in [6.45, 7) is 0. The third-order valence-electron chi connectivity index (χ3n) is 6.86. The molecule has 2 unspecified atom stereocenters. The Labute approximate surface area is 212 Å². The predicted octanol–water partition coefficient (Wildman–Crippen LogP) is 6.35. The molecule has 3 aromatic carbocycles. The van der Waals surface area contributed by atoms with Gasteiger partial charge in [-0.2, -0.15) is 0 Å². The molecule has 3 aromatic rings. The lowest BCUT2D eigenvalue weighted by Crippen LogP contribution is -2.28. The maximum Gasteiger partial charge on any atom is 0.262 e. The van der Waals surface area contributed by atoms with Crippen molar-refractivity contribution in [3.8, 4) is 16.9 Å². The zero-order chi connectivity index (χ0) is 24.9. The molecule has 0 spiro atoms. The van der Waals surface area contributed by atoms with E-state index in [1.165, 1.54) is 29.5 Å². The van der Waals surface area contributed by atoms with E-state index in [4.69, 9.17) is 33.7 Å². The standard InChI is InChI=1S/C27H23Cl2FN2O3/c1-32(27(34)25-21(29)3-2-4-22(25)30)23-8-6-14(19-12-15(26(31)33)5-7-20(19)28)13-24(23)35-18-10-16-9-17(16)11-18/h2-8,12-13,16-18H,9-11H2,1H3,(H2,31,33). The number of ether oxygens (including phenoxy) is 1. The van der Waals surface area contributed by atoms with Gasteiger partial charge in [-0.3, -0.25) is 9.59 Å². The van der Waals surface area contributed by atoms with Crippen molar-refractivity contribution in [1.29, 1.82) is 0 Å². The van der Waals surface area contributed by atoms with E-state index in [9.17, 15) is 14.0 Å². The number of carbonyl (C=O) groups excluding carboxylic acids is 2. The molecule has 0 aliphatic heterocycles. The third kappa shape index (κ3) is 4.60. The van der Waals surface area contributed by atoms with Gasteiger partial charge in [0.2, 0.25) is 5.91 Å². The Hall–Kier alpha value is -3.09. The van der Waals surface area contributed by atoms with Crippen molar-refractivity contribution in [2.45, 2.75) is 25.4 Å². The van der Waals surface area contributed by atoms with E-state index in [2.05, 4.69) is 0 Å². The summed E-state index contributed by atoms with van der Waals surface area (Å²) in [5.74, 6) is 0.0221. The minimum atomic E-state index is -0.695. The molecule has 8 heteroatoms. The van der Waals surface area contributed by atoms with Crippen molar-refractivity contribution in [2.75, 3.05) is 11.9 Å². The van der Waals surface area contributed by atoms with Crippen LogP contribution < -0.4 is 15.4 Å². The molecule has 5 nitrogen and oxygen atoms in total. The smallest absolute Gasteiger partial charge is 0.262 e. The van der Waals surface area contributed by atoms with E-state index >= 15 is 0 Å². The number of anilines is 1. The van der Waals surface area contributed by atoms with Crippen molar-refractivity contribution >= 4 is 40.7 Å². The van der Waals surface area contributed by atoms with Gasteiger partial charge < -0.3 is 15.4 Å². The number of primary amides is 1. The Kier molecular flexibility index (Phi) is 6.20. The van der Waals surface area contributed by atoms with E-state index in [-0.39, 0.29) is 16.7 Å². The number of nitrogens with zero attached hydrogens (tertiary/aromatic N) is 1. The van der Waals surface area contributed by atoms with Crippen molar-refractivity contribution in [1.82, 2.24) is 0 Å². The summed E-state index contributed by atoms with van der Waals surface area (Å²) in [6.07, 6.45) is 3.19. The molecule has 2 aliphatic rings. The maximum absolute atomic E-state index is 14.5. The van der Waals surface area contributed by atoms with Gasteiger partial charge in [0.1, 0.15) is 11.6 Å². The van der Waals surface area contributed by atoms with Crippen LogP contribution in [0, 0.1) is 17.7 Å². The fraction of sp³-hybridized carbons (Fsp3) is 0.259. The molecule has 2 fully saturated rings. The van der Waals surface area contributed by atoms with Gasteiger partial charge in [0.05, 0.1) is 22.4 Å². The van der Waals surface area contributed by atoms with Gasteiger partial charge in [-0.05, 0) is 79.1 Å². The van der Waals surface area contributed by atoms with E-state index in [0.717, 1.165) is 12.8 Å². The summed E-state index contributed by atoms with van der Waals surface area (Å²) in [6, 6.07) is 14.2. The molecular formula is C27H23Cl2FN2O3. The van der Waals surface area contributed by atoms with Crippen molar-refractivity contribution in [3.05, 3.63) is 81.6 Å². The minimum absolute atomic E-state index is 0.0285. The molecule has 35 heavy (non-hydrogen) atoms. The van der Waals surface area contributed by atoms with Gasteiger partial charge >= 0.3 is 0 Å². The fourth-order valence-corrected chi connectivity index (χ4v) is 5.34. The van der Waals surface area contributed by atoms with Crippen LogP contribution in [0.15, 0.2) is 54.6 Å². The average molecular weight is 513 g/mol. The summed E-state index contributed by atoms with van der Waals surface area (Å²) < 4.78 is 20.9. The second-order valence-electron chi connectivity index (χ2n) is 9.17. The lowest BCUT2D eigenvalue weighted by molar-refractivity contribution is 0.0983. The Morgan fingerprint density at radius 1 is 1.00 bits per heavy atom. The second-order valence-corrected chi connectivity index (χ2v) is 9.98. The summed E-state index contributed by atoms with van der Waals surface area (Å²) in [4.78, 5) is 26.3. The number of amides is 2. The van der Waals surface area contributed by atoms with Crippen LogP contribution in [0.1, 0.15) is 40.0 Å². The van der Waals surface area contributed by atoms with E-state index < -0.39 is 17.6 Å². The van der Waals surface area contributed by atoms with Crippen LogP contribution in [0.2, 0.25) is 10.0 Å². The number of nitrogens with two attached hydrogens (primary N) is 1. The Balaban J connectivity index is 1.55. The molecular weight excluding hydrogens is 490 g/mol. The van der Waals surface area contributed by atoms with Crippen LogP contribution in [0.4, 0.5) is 10.1 Å². The molecule has 2 aliphatic carbocycles. The van der Waals surface area contributed by atoms with Crippen LogP contribution >= 0.6 is 23.2 Å². The molecule has 2 atom stereocenters. The maximum atomic E-state index is 14.5. The van der Waals surface area contributed by atoms with Crippen molar-refractivity contribution in [3.63, 3.8) is 0 Å². The molecule has 2 N–H and O–H groups in total. The number of halogens is 3. The molecule has 0 saturated heterocycles. The van der Waals surface area contributed by atoms with Gasteiger partial charge in [-0.15, -0.1) is 0 Å². The SMILES string of the molecule is CN(C(=O)c1c(F)cccc1Cl)c1ccc(-c2cc(C(N)=O)ccc2Cl)cc1OC1CC2CC2C1. The first kappa shape index (κ1) is 23.6. The Morgan fingerprint density at radius 3 is 2.43 bits per heavy atom. The van der Waals surface area contributed by atoms with Crippen LogP contribution in [0.3, 0.4) is 0 Å². The number of carbonyl (C=O) groups is 2. The van der Waals surface area contributed by atoms with Crippen LogP contribution in [-0.4, -0.2) is 25.0 Å². The van der Waals surface area contributed by atoms with Crippen LogP contribution in [0.5, 0.6) is 5.75 Å². The van der Waals surface area contributed by atoms with E-state index in [0.29, 0.717) is 45.0 Å². The number of fused-ring (bicyclic) bond motifs is 1. The summed E-state index contributed by atoms with van der Waals surface area (Å²) >= 11 is 12.6. The zero-order valence-corrected chi connectivity index (χ0v) is 20.4. The van der Waals surface area contributed by atoms with Crippen molar-refractivity contribution in [2.24, 2.45) is 17.6 Å². The highest BCUT2D eigenvalue weighted by atomic mass is 35.5. The molecule has 180 valence electrons. The second kappa shape index (κ2) is 9.17. The van der Waals surface area contributed by atoms with Gasteiger partial charge in [-0.25, -0.2) is 4.39 Å².